The molecule has 1 unspecified atom stereocenters. The molecule has 0 spiro atoms. The molecule has 23 heavy (non-hydrogen) atoms. The van der Waals surface area contributed by atoms with Crippen LogP contribution in [0.5, 0.6) is 11.5 Å². The average Bonchev–Trinajstić information content (AvgIpc) is 2.22. The quantitative estimate of drug-likeness (QED) is 0.862. The van der Waals surface area contributed by atoms with Gasteiger partial charge in [0, 0.05) is 0 Å². The zero-order chi connectivity index (χ0) is 18.3. The smallest absolute Gasteiger partial charge is 0.421 e. The zero-order valence-corrected chi connectivity index (χ0v) is 14.6. The monoisotopic (exact) mass is 334 g/mol. The number of hydrogen-bond acceptors (Lipinski definition) is 3. The van der Waals surface area contributed by atoms with Crippen molar-refractivity contribution in [2.45, 2.75) is 71.4 Å². The Morgan fingerprint density at radius 1 is 0.783 bits per heavy atom. The molecule has 0 amide bonds. The summed E-state index contributed by atoms with van der Waals surface area (Å²) >= 11 is 0. The van der Waals surface area contributed by atoms with Crippen LogP contribution in [0.1, 0.15) is 54.0 Å². The molecule has 0 aromatic heterocycles. The third-order valence-electron chi connectivity index (χ3n) is 2.86. The van der Waals surface area contributed by atoms with E-state index in [0.29, 0.717) is 6.92 Å². The Labute approximate surface area is 135 Å². The van der Waals surface area contributed by atoms with Crippen LogP contribution in [0.4, 0.5) is 13.2 Å². The Hall–Kier alpha value is -1.43. The molecule has 0 aliphatic rings. The molecular weight excluding hydrogens is 309 g/mol. The number of ether oxygens (including phenoxy) is 2. The van der Waals surface area contributed by atoms with Crippen molar-refractivity contribution in [3.05, 3.63) is 23.8 Å². The number of halogens is 3. The minimum absolute atomic E-state index is 0.0541. The predicted molar refractivity (Wildman–Crippen MR) is 82.8 cm³/mol. The molecule has 0 heterocycles. The first kappa shape index (κ1) is 19.6. The Kier molecular flexibility index (Phi) is 5.02. The van der Waals surface area contributed by atoms with E-state index >= 15 is 0 Å². The molecule has 0 aliphatic heterocycles. The fourth-order valence-electron chi connectivity index (χ4n) is 1.96. The summed E-state index contributed by atoms with van der Waals surface area (Å²) in [5.74, 6) is -0.108. The lowest BCUT2D eigenvalue weighted by Crippen LogP contribution is -2.41. The summed E-state index contributed by atoms with van der Waals surface area (Å²) in [7, 11) is 0. The van der Waals surface area contributed by atoms with Gasteiger partial charge in [-0.2, -0.15) is 13.2 Å². The van der Waals surface area contributed by atoms with E-state index in [-0.39, 0.29) is 11.5 Å². The molecule has 1 rings (SSSR count). The average molecular weight is 334 g/mol. The first-order valence-electron chi connectivity index (χ1n) is 7.35. The summed E-state index contributed by atoms with van der Waals surface area (Å²) in [6, 6.07) is 4.34. The Morgan fingerprint density at radius 2 is 1.13 bits per heavy atom. The fraction of sp³-hybridized carbons (Fsp3) is 0.647. The van der Waals surface area contributed by atoms with Crippen molar-refractivity contribution in [3.8, 4) is 11.5 Å². The van der Waals surface area contributed by atoms with Crippen LogP contribution < -0.4 is 9.47 Å². The summed E-state index contributed by atoms with van der Waals surface area (Å²) in [5.41, 5.74) is -4.97. The topological polar surface area (TPSA) is 38.7 Å². The molecule has 1 aromatic carbocycles. The van der Waals surface area contributed by atoms with Crippen molar-refractivity contribution in [3.63, 3.8) is 0 Å². The molecule has 6 heteroatoms. The van der Waals surface area contributed by atoms with Crippen molar-refractivity contribution >= 4 is 0 Å². The molecule has 1 aromatic rings. The van der Waals surface area contributed by atoms with Crippen molar-refractivity contribution in [1.82, 2.24) is 0 Å². The summed E-state index contributed by atoms with van der Waals surface area (Å²) in [4.78, 5) is 0. The molecular formula is C17H25F3O3. The van der Waals surface area contributed by atoms with E-state index in [0.717, 1.165) is 0 Å². The van der Waals surface area contributed by atoms with Crippen LogP contribution in [0.25, 0.3) is 0 Å². The van der Waals surface area contributed by atoms with Gasteiger partial charge in [0.05, 0.1) is 5.56 Å². The van der Waals surface area contributed by atoms with Crippen LogP contribution in [0.3, 0.4) is 0 Å². The highest BCUT2D eigenvalue weighted by atomic mass is 19.4. The normalized spacial score (nSPS) is 16.0. The SMILES string of the molecule is CC(C)(C)Oc1cccc(OC(C)(C)C)c1C(C)(O)C(F)(F)F. The van der Waals surface area contributed by atoms with Gasteiger partial charge in [-0.25, -0.2) is 0 Å². The van der Waals surface area contributed by atoms with Gasteiger partial charge in [0.25, 0.3) is 0 Å². The summed E-state index contributed by atoms with van der Waals surface area (Å²) in [6.45, 7) is 11.0. The van der Waals surface area contributed by atoms with Gasteiger partial charge in [-0.3, -0.25) is 0 Å². The molecule has 0 radical (unpaired) electrons. The van der Waals surface area contributed by atoms with Crippen molar-refractivity contribution in [2.24, 2.45) is 0 Å². The van der Waals surface area contributed by atoms with Gasteiger partial charge in [0.2, 0.25) is 0 Å². The minimum atomic E-state index is -4.87. The Bertz CT molecular complexity index is 515. The van der Waals surface area contributed by atoms with Gasteiger partial charge >= 0.3 is 6.18 Å². The maximum Gasteiger partial charge on any atom is 0.421 e. The van der Waals surface area contributed by atoms with E-state index in [9.17, 15) is 18.3 Å². The molecule has 0 fully saturated rings. The zero-order valence-electron chi connectivity index (χ0n) is 14.6. The van der Waals surface area contributed by atoms with Gasteiger partial charge in [0.15, 0.2) is 5.60 Å². The largest absolute Gasteiger partial charge is 0.488 e. The van der Waals surface area contributed by atoms with E-state index in [1.54, 1.807) is 41.5 Å². The summed E-state index contributed by atoms with van der Waals surface area (Å²) < 4.78 is 51.4. The fourth-order valence-corrected chi connectivity index (χ4v) is 1.96. The van der Waals surface area contributed by atoms with E-state index in [1.165, 1.54) is 18.2 Å². The molecule has 132 valence electrons. The van der Waals surface area contributed by atoms with Crippen molar-refractivity contribution in [2.75, 3.05) is 0 Å². The van der Waals surface area contributed by atoms with Crippen molar-refractivity contribution < 1.29 is 27.8 Å². The summed E-state index contributed by atoms with van der Waals surface area (Å²) in [5, 5.41) is 10.2. The van der Waals surface area contributed by atoms with Crippen LogP contribution >= 0.6 is 0 Å². The second-order valence-electron chi connectivity index (χ2n) is 7.63. The number of alkyl halides is 3. The molecule has 1 N–H and O–H groups in total. The minimum Gasteiger partial charge on any atom is -0.488 e. The highest BCUT2D eigenvalue weighted by molar-refractivity contribution is 5.49. The molecule has 0 bridgehead atoms. The highest BCUT2D eigenvalue weighted by Crippen LogP contribution is 2.47. The second kappa shape index (κ2) is 5.89. The third-order valence-corrected chi connectivity index (χ3v) is 2.86. The maximum atomic E-state index is 13.4. The molecule has 0 saturated carbocycles. The van der Waals surface area contributed by atoms with Crippen LogP contribution in [0.2, 0.25) is 0 Å². The van der Waals surface area contributed by atoms with E-state index in [4.69, 9.17) is 9.47 Å². The van der Waals surface area contributed by atoms with Gasteiger partial charge in [0.1, 0.15) is 22.7 Å². The highest BCUT2D eigenvalue weighted by Gasteiger charge is 2.54. The number of benzene rings is 1. The summed E-state index contributed by atoms with van der Waals surface area (Å²) in [6.07, 6.45) is -4.87. The van der Waals surface area contributed by atoms with Crippen LogP contribution in [0.15, 0.2) is 18.2 Å². The lowest BCUT2D eigenvalue weighted by Gasteiger charge is -2.34. The molecule has 1 atom stereocenters. The van der Waals surface area contributed by atoms with E-state index in [2.05, 4.69) is 0 Å². The van der Waals surface area contributed by atoms with Gasteiger partial charge in [-0.1, -0.05) is 6.07 Å². The van der Waals surface area contributed by atoms with E-state index in [1.807, 2.05) is 0 Å². The standard InChI is InChI=1S/C17H25F3O3/c1-14(2,3)22-11-9-8-10-12(23-15(4,5)6)13(11)16(7,21)17(18,19)20/h8-10,21H,1-7H3. The lowest BCUT2D eigenvalue weighted by atomic mass is 9.92. The molecule has 0 saturated heterocycles. The third kappa shape index (κ3) is 5.03. The van der Waals surface area contributed by atoms with Gasteiger partial charge in [-0.05, 0) is 60.6 Å². The van der Waals surface area contributed by atoms with Crippen LogP contribution in [0, 0.1) is 0 Å². The number of hydrogen-bond donors (Lipinski definition) is 1. The number of aliphatic hydroxyl groups is 1. The van der Waals surface area contributed by atoms with Gasteiger partial charge < -0.3 is 14.6 Å². The van der Waals surface area contributed by atoms with Crippen LogP contribution in [-0.2, 0) is 5.60 Å². The van der Waals surface area contributed by atoms with E-state index < -0.39 is 28.5 Å². The van der Waals surface area contributed by atoms with Crippen LogP contribution in [-0.4, -0.2) is 22.5 Å². The molecule has 3 nitrogen and oxygen atoms in total. The lowest BCUT2D eigenvalue weighted by molar-refractivity contribution is -0.260. The predicted octanol–water partition coefficient (Wildman–Crippen LogP) is 4.81. The Morgan fingerprint density at radius 3 is 1.39 bits per heavy atom. The van der Waals surface area contributed by atoms with Gasteiger partial charge in [-0.15, -0.1) is 0 Å². The maximum absolute atomic E-state index is 13.4. The second-order valence-corrected chi connectivity index (χ2v) is 7.63. The number of rotatable bonds is 3. The Balaban J connectivity index is 3.58. The first-order valence-corrected chi connectivity index (χ1v) is 7.35. The molecule has 0 aliphatic carbocycles. The first-order chi connectivity index (χ1) is 10.0. The van der Waals surface area contributed by atoms with Crippen molar-refractivity contribution in [1.29, 1.82) is 0 Å².